The highest BCUT2D eigenvalue weighted by Gasteiger charge is 2.32. The fourth-order valence-electron chi connectivity index (χ4n) is 4.37. The van der Waals surface area contributed by atoms with Crippen LogP contribution < -0.4 is 15.5 Å². The van der Waals surface area contributed by atoms with Crippen LogP contribution in [0.3, 0.4) is 0 Å². The number of guanidine groups is 1. The van der Waals surface area contributed by atoms with Crippen LogP contribution in [0.15, 0.2) is 33.7 Å². The quantitative estimate of drug-likeness (QED) is 0.559. The van der Waals surface area contributed by atoms with Gasteiger partial charge in [0.05, 0.1) is 12.7 Å². The second-order valence-electron chi connectivity index (χ2n) is 7.75. The van der Waals surface area contributed by atoms with Gasteiger partial charge in [0.2, 0.25) is 0 Å². The highest BCUT2D eigenvalue weighted by Crippen LogP contribution is 2.23. The second-order valence-corrected chi connectivity index (χ2v) is 8.67. The fraction of sp³-hybridized carbons (Fsp3) is 0.650. The second kappa shape index (κ2) is 8.80. The van der Waals surface area contributed by atoms with Crippen LogP contribution in [0.4, 0.5) is 5.69 Å². The molecular formula is C20H30BrN5O. The van der Waals surface area contributed by atoms with E-state index in [2.05, 4.69) is 65.6 Å². The van der Waals surface area contributed by atoms with Crippen molar-refractivity contribution < 1.29 is 4.74 Å². The van der Waals surface area contributed by atoms with E-state index in [1.54, 1.807) is 0 Å². The molecule has 3 saturated heterocycles. The number of hydrogen-bond acceptors (Lipinski definition) is 4. The van der Waals surface area contributed by atoms with Gasteiger partial charge in [-0.3, -0.25) is 9.89 Å². The van der Waals surface area contributed by atoms with Crippen LogP contribution in [0.1, 0.15) is 19.3 Å². The molecule has 0 radical (unpaired) electrons. The van der Waals surface area contributed by atoms with Crippen LogP contribution in [0.2, 0.25) is 0 Å². The van der Waals surface area contributed by atoms with Crippen LogP contribution in [-0.4, -0.2) is 75.4 Å². The van der Waals surface area contributed by atoms with Gasteiger partial charge in [-0.2, -0.15) is 0 Å². The third-order valence-corrected chi connectivity index (χ3v) is 6.43. The summed E-state index contributed by atoms with van der Waals surface area (Å²) in [4.78, 5) is 9.42. The Kier molecular flexibility index (Phi) is 6.20. The van der Waals surface area contributed by atoms with E-state index in [1.807, 2.05) is 7.05 Å². The van der Waals surface area contributed by atoms with Crippen molar-refractivity contribution in [3.8, 4) is 0 Å². The third kappa shape index (κ3) is 4.76. The number of hydrogen-bond donors (Lipinski definition) is 2. The summed E-state index contributed by atoms with van der Waals surface area (Å²) in [7, 11) is 1.84. The molecule has 0 saturated carbocycles. The summed E-state index contributed by atoms with van der Waals surface area (Å²) in [5.74, 6) is 0.879. The average molecular weight is 436 g/mol. The molecule has 3 aliphatic heterocycles. The zero-order valence-corrected chi connectivity index (χ0v) is 17.6. The van der Waals surface area contributed by atoms with Crippen LogP contribution >= 0.6 is 15.9 Å². The van der Waals surface area contributed by atoms with E-state index < -0.39 is 0 Å². The Balaban J connectivity index is 1.23. The van der Waals surface area contributed by atoms with Gasteiger partial charge >= 0.3 is 0 Å². The Hall–Kier alpha value is -1.31. The molecular weight excluding hydrogens is 406 g/mol. The van der Waals surface area contributed by atoms with Gasteiger partial charge in [-0.15, -0.1) is 0 Å². The van der Waals surface area contributed by atoms with Crippen LogP contribution in [0.25, 0.3) is 0 Å². The first-order valence-electron chi connectivity index (χ1n) is 10.0. The number of halogens is 1. The van der Waals surface area contributed by atoms with Crippen molar-refractivity contribution in [2.24, 2.45) is 4.99 Å². The molecule has 27 heavy (non-hydrogen) atoms. The highest BCUT2D eigenvalue weighted by atomic mass is 79.9. The number of benzene rings is 1. The lowest BCUT2D eigenvalue weighted by atomic mass is 10.2. The maximum absolute atomic E-state index is 6.04. The minimum atomic E-state index is 0.251. The molecule has 0 amide bonds. The van der Waals surface area contributed by atoms with E-state index in [9.17, 15) is 0 Å². The summed E-state index contributed by atoms with van der Waals surface area (Å²) in [5.41, 5.74) is 1.28. The molecule has 0 aliphatic carbocycles. The molecule has 0 aromatic heterocycles. The predicted molar refractivity (Wildman–Crippen MR) is 114 cm³/mol. The van der Waals surface area contributed by atoms with E-state index in [0.29, 0.717) is 12.1 Å². The molecule has 3 fully saturated rings. The van der Waals surface area contributed by atoms with Gasteiger partial charge in [0, 0.05) is 55.5 Å². The number of nitrogens with one attached hydrogen (secondary N) is 2. The SMILES string of the molecule is CN=C(NCC1CN2CCCC2CO1)NC1CCN(c2ccc(Br)cc2)C1. The highest BCUT2D eigenvalue weighted by molar-refractivity contribution is 9.10. The minimum Gasteiger partial charge on any atom is -0.373 e. The molecule has 7 heteroatoms. The average Bonchev–Trinajstić information content (AvgIpc) is 3.34. The molecule has 3 atom stereocenters. The largest absolute Gasteiger partial charge is 0.373 e. The lowest BCUT2D eigenvalue weighted by Crippen LogP contribution is -2.52. The van der Waals surface area contributed by atoms with Crippen molar-refractivity contribution in [1.82, 2.24) is 15.5 Å². The predicted octanol–water partition coefficient (Wildman–Crippen LogP) is 2.06. The van der Waals surface area contributed by atoms with E-state index in [-0.39, 0.29) is 6.10 Å². The van der Waals surface area contributed by atoms with Crippen LogP contribution in [0, 0.1) is 0 Å². The monoisotopic (exact) mass is 435 g/mol. The lowest BCUT2D eigenvalue weighted by molar-refractivity contribution is -0.0453. The first-order valence-corrected chi connectivity index (χ1v) is 10.8. The molecule has 1 aromatic carbocycles. The zero-order chi connectivity index (χ0) is 18.6. The van der Waals surface area contributed by atoms with E-state index in [0.717, 1.165) is 49.6 Å². The van der Waals surface area contributed by atoms with Gasteiger partial charge in [-0.1, -0.05) is 15.9 Å². The smallest absolute Gasteiger partial charge is 0.191 e. The minimum absolute atomic E-state index is 0.251. The van der Waals surface area contributed by atoms with E-state index in [4.69, 9.17) is 4.74 Å². The molecule has 0 bridgehead atoms. The Morgan fingerprint density at radius 1 is 1.22 bits per heavy atom. The van der Waals surface area contributed by atoms with E-state index in [1.165, 1.54) is 25.1 Å². The van der Waals surface area contributed by atoms with Gasteiger partial charge in [0.15, 0.2) is 5.96 Å². The molecule has 3 unspecified atom stereocenters. The van der Waals surface area contributed by atoms with Gasteiger partial charge in [0.25, 0.3) is 0 Å². The van der Waals surface area contributed by atoms with E-state index >= 15 is 0 Å². The fourth-order valence-corrected chi connectivity index (χ4v) is 4.64. The topological polar surface area (TPSA) is 52.1 Å². The summed E-state index contributed by atoms with van der Waals surface area (Å²) in [6.45, 7) is 6.02. The standard InChI is InChI=1S/C20H30BrN5O/c1-22-20(23-11-19-13-25-9-2-3-18(25)14-27-19)24-16-8-10-26(12-16)17-6-4-15(21)5-7-17/h4-7,16,18-19H,2-3,8-14H2,1H3,(H2,22,23,24). The number of anilines is 1. The number of ether oxygens (including phenoxy) is 1. The van der Waals surface area contributed by atoms with Crippen molar-refractivity contribution in [2.75, 3.05) is 51.3 Å². The van der Waals surface area contributed by atoms with Crippen molar-refractivity contribution in [1.29, 1.82) is 0 Å². The summed E-state index contributed by atoms with van der Waals surface area (Å²) >= 11 is 3.50. The number of fused-ring (bicyclic) bond motifs is 1. The van der Waals surface area contributed by atoms with Crippen molar-refractivity contribution in [3.63, 3.8) is 0 Å². The molecule has 3 aliphatic rings. The maximum Gasteiger partial charge on any atom is 0.191 e. The summed E-state index contributed by atoms with van der Waals surface area (Å²) in [6, 6.07) is 9.62. The Morgan fingerprint density at radius 3 is 2.89 bits per heavy atom. The lowest BCUT2D eigenvalue weighted by Gasteiger charge is -2.35. The molecule has 6 nitrogen and oxygen atoms in total. The third-order valence-electron chi connectivity index (χ3n) is 5.90. The first-order chi connectivity index (χ1) is 13.2. The maximum atomic E-state index is 6.04. The van der Waals surface area contributed by atoms with Gasteiger partial charge in [-0.25, -0.2) is 0 Å². The normalized spacial score (nSPS) is 29.0. The van der Waals surface area contributed by atoms with Crippen LogP contribution in [0.5, 0.6) is 0 Å². The van der Waals surface area contributed by atoms with Gasteiger partial charge in [-0.05, 0) is 50.1 Å². The Labute approximate surface area is 170 Å². The molecule has 0 spiro atoms. The molecule has 3 heterocycles. The number of aliphatic imine (C=N–C) groups is 1. The van der Waals surface area contributed by atoms with Gasteiger partial charge in [0.1, 0.15) is 0 Å². The number of morpholine rings is 1. The first kappa shape index (κ1) is 19.0. The molecule has 4 rings (SSSR count). The van der Waals surface area contributed by atoms with Crippen molar-refractivity contribution >= 4 is 27.6 Å². The zero-order valence-electron chi connectivity index (χ0n) is 16.0. The van der Waals surface area contributed by atoms with Gasteiger partial charge < -0.3 is 20.3 Å². The van der Waals surface area contributed by atoms with Crippen LogP contribution in [-0.2, 0) is 4.74 Å². The number of rotatable bonds is 4. The summed E-state index contributed by atoms with van der Waals surface area (Å²) in [6.07, 6.45) is 3.97. The van der Waals surface area contributed by atoms with Crippen molar-refractivity contribution in [3.05, 3.63) is 28.7 Å². The molecule has 2 N–H and O–H groups in total. The Morgan fingerprint density at radius 2 is 2.07 bits per heavy atom. The van der Waals surface area contributed by atoms with Crippen molar-refractivity contribution in [2.45, 2.75) is 37.5 Å². The molecule has 1 aromatic rings. The Bertz CT molecular complexity index is 652. The number of nitrogens with zero attached hydrogens (tertiary/aromatic N) is 3. The molecule has 148 valence electrons. The summed E-state index contributed by atoms with van der Waals surface area (Å²) in [5, 5.41) is 7.05. The summed E-state index contributed by atoms with van der Waals surface area (Å²) < 4.78 is 7.16.